The SMILES string of the molecule is O=C(c1ccc2c(c1)C(NS(=O)(=O)CCc1ccccc1Cl)CC2)N1CCC2(CC1)CCN(c1ccncc1)CC2. The van der Waals surface area contributed by atoms with Gasteiger partial charge in [0.1, 0.15) is 0 Å². The third-order valence-corrected chi connectivity index (χ3v) is 11.1. The van der Waals surface area contributed by atoms with Crippen LogP contribution in [0.3, 0.4) is 0 Å². The van der Waals surface area contributed by atoms with Gasteiger partial charge < -0.3 is 9.80 Å². The summed E-state index contributed by atoms with van der Waals surface area (Å²) in [6.45, 7) is 3.61. The number of hydrogen-bond acceptors (Lipinski definition) is 5. The summed E-state index contributed by atoms with van der Waals surface area (Å²) in [5, 5.41) is 0.580. The molecule has 1 amide bonds. The lowest BCUT2D eigenvalue weighted by Crippen LogP contribution is -2.48. The third kappa shape index (κ3) is 6.30. The van der Waals surface area contributed by atoms with Crippen LogP contribution in [-0.4, -0.2) is 56.1 Å². The van der Waals surface area contributed by atoms with Crippen molar-refractivity contribution in [1.29, 1.82) is 0 Å². The number of halogens is 1. The summed E-state index contributed by atoms with van der Waals surface area (Å²) in [6, 6.07) is 17.0. The molecule has 2 fully saturated rings. The fourth-order valence-electron chi connectivity index (χ4n) is 6.74. The van der Waals surface area contributed by atoms with Crippen molar-refractivity contribution in [2.45, 2.75) is 51.0 Å². The van der Waals surface area contributed by atoms with Gasteiger partial charge in [0.2, 0.25) is 10.0 Å². The Labute approximate surface area is 248 Å². The molecular weight excluding hydrogens is 556 g/mol. The highest BCUT2D eigenvalue weighted by molar-refractivity contribution is 7.89. The lowest BCUT2D eigenvalue weighted by Gasteiger charge is -2.47. The second-order valence-corrected chi connectivity index (χ2v) is 14.0. The van der Waals surface area contributed by atoms with Gasteiger partial charge in [-0.25, -0.2) is 13.1 Å². The molecule has 2 aromatic carbocycles. The molecule has 3 aromatic rings. The van der Waals surface area contributed by atoms with E-state index in [-0.39, 0.29) is 17.7 Å². The molecule has 1 spiro atoms. The number of piperidine rings is 2. The molecule has 1 aliphatic carbocycles. The Kier molecular flexibility index (Phi) is 8.07. The molecule has 6 rings (SSSR count). The van der Waals surface area contributed by atoms with E-state index in [1.807, 2.05) is 53.7 Å². The molecule has 2 aliphatic heterocycles. The topological polar surface area (TPSA) is 82.6 Å². The van der Waals surface area contributed by atoms with Crippen molar-refractivity contribution in [3.8, 4) is 0 Å². The van der Waals surface area contributed by atoms with E-state index in [2.05, 4.69) is 26.7 Å². The highest BCUT2D eigenvalue weighted by atomic mass is 35.5. The van der Waals surface area contributed by atoms with E-state index in [0.29, 0.717) is 28.8 Å². The van der Waals surface area contributed by atoms with E-state index in [1.165, 1.54) is 5.69 Å². The number of hydrogen-bond donors (Lipinski definition) is 1. The van der Waals surface area contributed by atoms with Crippen molar-refractivity contribution in [3.05, 3.63) is 94.3 Å². The Morgan fingerprint density at radius 2 is 1.68 bits per heavy atom. The zero-order valence-corrected chi connectivity index (χ0v) is 24.8. The van der Waals surface area contributed by atoms with Crippen molar-refractivity contribution in [3.63, 3.8) is 0 Å². The Morgan fingerprint density at radius 3 is 2.41 bits per heavy atom. The number of sulfonamides is 1. The van der Waals surface area contributed by atoms with Crippen molar-refractivity contribution in [2.24, 2.45) is 5.41 Å². The van der Waals surface area contributed by atoms with Gasteiger partial charge in [-0.3, -0.25) is 9.78 Å². The highest BCUT2D eigenvalue weighted by Crippen LogP contribution is 2.42. The molecule has 3 aliphatic rings. The first-order valence-corrected chi connectivity index (χ1v) is 16.6. The van der Waals surface area contributed by atoms with Crippen LogP contribution in [-0.2, 0) is 22.9 Å². The first kappa shape index (κ1) is 28.2. The number of benzene rings is 2. The van der Waals surface area contributed by atoms with Crippen molar-refractivity contribution >= 4 is 33.2 Å². The molecule has 9 heteroatoms. The average molecular weight is 593 g/mol. The molecular formula is C32H37ClN4O3S. The van der Waals surface area contributed by atoms with Gasteiger partial charge in [0.15, 0.2) is 0 Å². The number of aromatic nitrogens is 1. The van der Waals surface area contributed by atoms with Crippen LogP contribution in [0.25, 0.3) is 0 Å². The summed E-state index contributed by atoms with van der Waals surface area (Å²) in [5.41, 5.74) is 5.05. The number of likely N-dealkylation sites (tertiary alicyclic amines) is 1. The molecule has 41 heavy (non-hydrogen) atoms. The molecule has 2 saturated heterocycles. The number of anilines is 1. The molecule has 1 unspecified atom stereocenters. The zero-order valence-electron chi connectivity index (χ0n) is 23.3. The Balaban J connectivity index is 1.05. The number of nitrogens with zero attached hydrogens (tertiary/aromatic N) is 3. The molecule has 7 nitrogen and oxygen atoms in total. The lowest BCUT2D eigenvalue weighted by atomic mass is 9.71. The Hall–Kier alpha value is -2.94. The third-order valence-electron chi connectivity index (χ3n) is 9.35. The van der Waals surface area contributed by atoms with E-state index in [9.17, 15) is 13.2 Å². The van der Waals surface area contributed by atoms with Crippen molar-refractivity contribution in [2.75, 3.05) is 36.8 Å². The van der Waals surface area contributed by atoms with Gasteiger partial charge in [0, 0.05) is 60.9 Å². The normalized spacial score (nSPS) is 20.3. The number of rotatable bonds is 7. The monoisotopic (exact) mass is 592 g/mol. The molecule has 1 atom stereocenters. The predicted molar refractivity (Wildman–Crippen MR) is 163 cm³/mol. The van der Waals surface area contributed by atoms with E-state index < -0.39 is 10.0 Å². The highest BCUT2D eigenvalue weighted by Gasteiger charge is 2.39. The number of amides is 1. The molecule has 0 radical (unpaired) electrons. The number of pyridine rings is 1. The zero-order chi connectivity index (χ0) is 28.5. The van der Waals surface area contributed by atoms with Crippen LogP contribution in [0.4, 0.5) is 5.69 Å². The van der Waals surface area contributed by atoms with Gasteiger partial charge in [-0.15, -0.1) is 0 Å². The molecule has 216 valence electrons. The van der Waals surface area contributed by atoms with Gasteiger partial charge in [0.05, 0.1) is 5.75 Å². The van der Waals surface area contributed by atoms with Crippen LogP contribution in [0.2, 0.25) is 5.02 Å². The minimum Gasteiger partial charge on any atom is -0.371 e. The largest absolute Gasteiger partial charge is 0.371 e. The van der Waals surface area contributed by atoms with Gasteiger partial charge in [0.25, 0.3) is 5.91 Å². The quantitative estimate of drug-likeness (QED) is 0.397. The predicted octanol–water partition coefficient (Wildman–Crippen LogP) is 5.41. The molecule has 1 aromatic heterocycles. The van der Waals surface area contributed by atoms with Gasteiger partial charge in [-0.1, -0.05) is 35.9 Å². The molecule has 0 bridgehead atoms. The smallest absolute Gasteiger partial charge is 0.253 e. The van der Waals surface area contributed by atoms with Crippen LogP contribution in [0, 0.1) is 5.41 Å². The maximum atomic E-state index is 13.6. The summed E-state index contributed by atoms with van der Waals surface area (Å²) in [6.07, 6.45) is 9.90. The fourth-order valence-corrected chi connectivity index (χ4v) is 8.25. The first-order valence-electron chi connectivity index (χ1n) is 14.6. The van der Waals surface area contributed by atoms with Crippen molar-refractivity contribution in [1.82, 2.24) is 14.6 Å². The van der Waals surface area contributed by atoms with Gasteiger partial charge in [-0.2, -0.15) is 0 Å². The second kappa shape index (κ2) is 11.7. The van der Waals surface area contributed by atoms with Crippen molar-refractivity contribution < 1.29 is 13.2 Å². The number of nitrogens with one attached hydrogen (secondary N) is 1. The Bertz CT molecular complexity index is 1500. The summed E-state index contributed by atoms with van der Waals surface area (Å²) >= 11 is 6.22. The second-order valence-electron chi connectivity index (χ2n) is 11.8. The summed E-state index contributed by atoms with van der Waals surface area (Å²) in [7, 11) is -3.52. The van der Waals surface area contributed by atoms with E-state index in [1.54, 1.807) is 6.07 Å². The number of carbonyl (C=O) groups is 1. The van der Waals surface area contributed by atoms with E-state index >= 15 is 0 Å². The summed E-state index contributed by atoms with van der Waals surface area (Å²) in [5.74, 6) is 0.0147. The molecule has 3 heterocycles. The maximum absolute atomic E-state index is 13.6. The van der Waals surface area contributed by atoms with Crippen LogP contribution in [0.5, 0.6) is 0 Å². The van der Waals surface area contributed by atoms with Crippen LogP contribution in [0.15, 0.2) is 67.0 Å². The first-order chi connectivity index (χ1) is 19.8. The minimum atomic E-state index is -3.52. The van der Waals surface area contributed by atoms with Crippen LogP contribution in [0.1, 0.15) is 65.2 Å². The minimum absolute atomic E-state index is 0.0307. The summed E-state index contributed by atoms with van der Waals surface area (Å²) in [4.78, 5) is 22.1. The number of carbonyl (C=O) groups excluding carboxylic acids is 1. The average Bonchev–Trinajstić information content (AvgIpc) is 3.39. The van der Waals surface area contributed by atoms with Gasteiger partial charge >= 0.3 is 0 Å². The lowest BCUT2D eigenvalue weighted by molar-refractivity contribution is 0.0515. The summed E-state index contributed by atoms with van der Waals surface area (Å²) < 4.78 is 28.8. The van der Waals surface area contributed by atoms with Crippen LogP contribution >= 0.6 is 11.6 Å². The molecule has 1 N–H and O–H groups in total. The molecule has 0 saturated carbocycles. The van der Waals surface area contributed by atoms with E-state index in [4.69, 9.17) is 11.6 Å². The number of aryl methyl sites for hydroxylation is 2. The standard InChI is InChI=1S/C32H37ClN4O3S/c33-29-4-2-1-3-25(29)11-22-41(39,40)35-30-8-7-24-5-6-26(23-28(24)30)31(38)37-20-14-32(15-21-37)12-18-36(19-13-32)27-9-16-34-17-10-27/h1-6,9-10,16-17,23,30,35H,7-8,11-15,18-22H2. The van der Waals surface area contributed by atoms with E-state index in [0.717, 1.165) is 75.0 Å². The van der Waals surface area contributed by atoms with Crippen LogP contribution < -0.4 is 9.62 Å². The van der Waals surface area contributed by atoms with Gasteiger partial charge in [-0.05, 0) is 97.4 Å². The number of fused-ring (bicyclic) bond motifs is 1. The fraction of sp³-hybridized carbons (Fsp3) is 0.438. The Morgan fingerprint density at radius 1 is 0.976 bits per heavy atom. The maximum Gasteiger partial charge on any atom is 0.253 e.